The number of methoxy groups -OCH3 is 1. The Morgan fingerprint density at radius 3 is 2.73 bits per heavy atom. The van der Waals surface area contributed by atoms with E-state index in [0.29, 0.717) is 10.8 Å². The SMILES string of the molecule is COc1c(CN=C=O)cc(C)c(Cl)c1C. The quantitative estimate of drug-likeness (QED) is 0.586. The first-order valence-corrected chi connectivity index (χ1v) is 4.85. The van der Waals surface area contributed by atoms with Gasteiger partial charge in [0.25, 0.3) is 0 Å². The van der Waals surface area contributed by atoms with Crippen molar-refractivity contribution in [3.8, 4) is 5.75 Å². The standard InChI is InChI=1S/C11H12ClNO2/c1-7-4-9(5-13-6-14)11(15-3)8(2)10(7)12/h4H,5H2,1-3H3. The van der Waals surface area contributed by atoms with E-state index in [4.69, 9.17) is 16.3 Å². The molecule has 0 aliphatic rings. The van der Waals surface area contributed by atoms with Crippen LogP contribution in [0.4, 0.5) is 0 Å². The molecular formula is C11H12ClNO2. The second-order valence-corrected chi connectivity index (χ2v) is 3.61. The molecule has 80 valence electrons. The summed E-state index contributed by atoms with van der Waals surface area (Å²) in [4.78, 5) is 13.6. The van der Waals surface area contributed by atoms with Gasteiger partial charge in [0.2, 0.25) is 6.08 Å². The van der Waals surface area contributed by atoms with Gasteiger partial charge in [-0.3, -0.25) is 0 Å². The maximum absolute atomic E-state index is 10.1. The minimum atomic E-state index is 0.269. The normalized spacial score (nSPS) is 9.60. The van der Waals surface area contributed by atoms with Gasteiger partial charge >= 0.3 is 0 Å². The lowest BCUT2D eigenvalue weighted by Crippen LogP contribution is -1.96. The van der Waals surface area contributed by atoms with Gasteiger partial charge < -0.3 is 4.74 Å². The van der Waals surface area contributed by atoms with Gasteiger partial charge in [-0.2, -0.15) is 0 Å². The summed E-state index contributed by atoms with van der Waals surface area (Å²) < 4.78 is 5.23. The molecule has 0 heterocycles. The number of aliphatic imine (C=N–C) groups is 1. The third-order valence-electron chi connectivity index (χ3n) is 2.22. The topological polar surface area (TPSA) is 38.7 Å². The first-order valence-electron chi connectivity index (χ1n) is 4.48. The molecular weight excluding hydrogens is 214 g/mol. The van der Waals surface area contributed by atoms with E-state index in [1.54, 1.807) is 7.11 Å². The molecule has 0 fully saturated rings. The fourth-order valence-corrected chi connectivity index (χ4v) is 1.69. The molecule has 0 aliphatic heterocycles. The van der Waals surface area contributed by atoms with Crippen LogP contribution >= 0.6 is 11.6 Å². The Bertz CT molecular complexity index is 423. The number of halogens is 1. The molecule has 1 aromatic carbocycles. The first-order chi connectivity index (χ1) is 7.11. The maximum Gasteiger partial charge on any atom is 0.235 e. The Hall–Kier alpha value is -1.31. The number of benzene rings is 1. The second-order valence-electron chi connectivity index (χ2n) is 3.23. The zero-order valence-corrected chi connectivity index (χ0v) is 9.68. The van der Waals surface area contributed by atoms with Crippen molar-refractivity contribution in [2.45, 2.75) is 20.4 Å². The van der Waals surface area contributed by atoms with Crippen molar-refractivity contribution < 1.29 is 9.53 Å². The molecule has 0 aliphatic carbocycles. The van der Waals surface area contributed by atoms with Gasteiger partial charge in [-0.25, -0.2) is 9.79 Å². The van der Waals surface area contributed by atoms with Gasteiger partial charge in [0.1, 0.15) is 5.75 Å². The van der Waals surface area contributed by atoms with Gasteiger partial charge in [0.05, 0.1) is 18.7 Å². The fraction of sp³-hybridized carbons (Fsp3) is 0.364. The van der Waals surface area contributed by atoms with Crippen molar-refractivity contribution in [1.29, 1.82) is 0 Å². The number of hydrogen-bond acceptors (Lipinski definition) is 3. The zero-order valence-electron chi connectivity index (χ0n) is 8.93. The summed E-state index contributed by atoms with van der Waals surface area (Å²) in [6.45, 7) is 4.05. The highest BCUT2D eigenvalue weighted by Crippen LogP contribution is 2.32. The van der Waals surface area contributed by atoms with Crippen molar-refractivity contribution in [1.82, 2.24) is 0 Å². The molecule has 4 heteroatoms. The summed E-state index contributed by atoms with van der Waals surface area (Å²) in [5.41, 5.74) is 2.67. The van der Waals surface area contributed by atoms with Crippen LogP contribution in [0.3, 0.4) is 0 Å². The maximum atomic E-state index is 10.1. The molecule has 1 rings (SSSR count). The number of rotatable bonds is 3. The Labute approximate surface area is 93.7 Å². The molecule has 0 aromatic heterocycles. The first kappa shape index (κ1) is 11.8. The highest BCUT2D eigenvalue weighted by Gasteiger charge is 2.11. The monoisotopic (exact) mass is 225 g/mol. The number of carbonyl (C=O) groups excluding carboxylic acids is 1. The Morgan fingerprint density at radius 2 is 2.20 bits per heavy atom. The molecule has 0 radical (unpaired) electrons. The van der Waals surface area contributed by atoms with E-state index < -0.39 is 0 Å². The zero-order chi connectivity index (χ0) is 11.4. The van der Waals surface area contributed by atoms with E-state index in [-0.39, 0.29) is 6.54 Å². The smallest absolute Gasteiger partial charge is 0.235 e. The van der Waals surface area contributed by atoms with E-state index in [0.717, 1.165) is 16.7 Å². The summed E-state index contributed by atoms with van der Waals surface area (Å²) in [5.74, 6) is 0.685. The van der Waals surface area contributed by atoms with Crippen LogP contribution in [-0.4, -0.2) is 13.2 Å². The number of isocyanates is 1. The van der Waals surface area contributed by atoms with Crippen LogP contribution in [0.1, 0.15) is 16.7 Å². The minimum Gasteiger partial charge on any atom is -0.496 e. The molecule has 0 atom stereocenters. The third-order valence-corrected chi connectivity index (χ3v) is 2.80. The molecule has 3 nitrogen and oxygen atoms in total. The third kappa shape index (κ3) is 2.38. The van der Waals surface area contributed by atoms with Gasteiger partial charge in [0.15, 0.2) is 0 Å². The van der Waals surface area contributed by atoms with Crippen molar-refractivity contribution in [2.24, 2.45) is 4.99 Å². The second kappa shape index (κ2) is 4.96. The van der Waals surface area contributed by atoms with Crippen LogP contribution in [0.15, 0.2) is 11.1 Å². The number of nitrogens with zero attached hydrogens (tertiary/aromatic N) is 1. The largest absolute Gasteiger partial charge is 0.496 e. The highest BCUT2D eigenvalue weighted by molar-refractivity contribution is 6.32. The van der Waals surface area contributed by atoms with Crippen LogP contribution in [0.25, 0.3) is 0 Å². The van der Waals surface area contributed by atoms with Crippen LogP contribution in [0, 0.1) is 13.8 Å². The molecule has 15 heavy (non-hydrogen) atoms. The van der Waals surface area contributed by atoms with Gasteiger partial charge in [-0.1, -0.05) is 11.6 Å². The predicted molar refractivity (Wildman–Crippen MR) is 59.3 cm³/mol. The van der Waals surface area contributed by atoms with E-state index in [1.165, 1.54) is 6.08 Å². The van der Waals surface area contributed by atoms with E-state index in [2.05, 4.69) is 4.99 Å². The highest BCUT2D eigenvalue weighted by atomic mass is 35.5. The van der Waals surface area contributed by atoms with Gasteiger partial charge in [0, 0.05) is 11.1 Å². The Morgan fingerprint density at radius 1 is 1.53 bits per heavy atom. The molecule has 0 amide bonds. The number of aryl methyl sites for hydroxylation is 1. The lowest BCUT2D eigenvalue weighted by Gasteiger charge is -2.13. The van der Waals surface area contributed by atoms with E-state index in [1.807, 2.05) is 19.9 Å². The summed E-state index contributed by atoms with van der Waals surface area (Å²) in [5, 5.41) is 0.686. The van der Waals surface area contributed by atoms with Crippen LogP contribution < -0.4 is 4.74 Å². The average molecular weight is 226 g/mol. The van der Waals surface area contributed by atoms with Gasteiger partial charge in [-0.05, 0) is 25.5 Å². The number of hydrogen-bond donors (Lipinski definition) is 0. The number of ether oxygens (including phenoxy) is 1. The molecule has 1 aromatic rings. The summed E-state index contributed by atoms with van der Waals surface area (Å²) in [6, 6.07) is 1.87. The molecule has 0 bridgehead atoms. The summed E-state index contributed by atoms with van der Waals surface area (Å²) in [7, 11) is 1.57. The molecule has 0 saturated heterocycles. The fourth-order valence-electron chi connectivity index (χ4n) is 1.55. The molecule has 0 unspecified atom stereocenters. The molecule has 0 spiro atoms. The van der Waals surface area contributed by atoms with Crippen LogP contribution in [0.5, 0.6) is 5.75 Å². The Balaban J connectivity index is 3.31. The van der Waals surface area contributed by atoms with Crippen molar-refractivity contribution in [3.05, 3.63) is 27.8 Å². The van der Waals surface area contributed by atoms with Crippen LogP contribution in [-0.2, 0) is 11.3 Å². The van der Waals surface area contributed by atoms with Crippen molar-refractivity contribution in [3.63, 3.8) is 0 Å². The van der Waals surface area contributed by atoms with Crippen molar-refractivity contribution >= 4 is 17.7 Å². The van der Waals surface area contributed by atoms with E-state index >= 15 is 0 Å². The molecule has 0 N–H and O–H groups in total. The average Bonchev–Trinajstić information content (AvgIpc) is 2.23. The molecule has 0 saturated carbocycles. The van der Waals surface area contributed by atoms with E-state index in [9.17, 15) is 4.79 Å². The van der Waals surface area contributed by atoms with Crippen molar-refractivity contribution in [2.75, 3.05) is 7.11 Å². The minimum absolute atomic E-state index is 0.269. The Kier molecular flexibility index (Phi) is 3.89. The predicted octanol–water partition coefficient (Wildman–Crippen LogP) is 2.80. The summed E-state index contributed by atoms with van der Waals surface area (Å²) >= 11 is 6.08. The lowest BCUT2D eigenvalue weighted by molar-refractivity contribution is 0.406. The lowest BCUT2D eigenvalue weighted by atomic mass is 10.1. The van der Waals surface area contributed by atoms with Crippen LogP contribution in [0.2, 0.25) is 5.02 Å². The van der Waals surface area contributed by atoms with Gasteiger partial charge in [-0.15, -0.1) is 0 Å². The summed E-state index contributed by atoms with van der Waals surface area (Å²) in [6.07, 6.45) is 1.51.